The lowest BCUT2D eigenvalue weighted by Gasteiger charge is -2.20. The van der Waals surface area contributed by atoms with Crippen LogP contribution in [0.4, 0.5) is 0 Å². The molecule has 7 heteroatoms. The first-order valence-corrected chi connectivity index (χ1v) is 9.20. The lowest BCUT2D eigenvalue weighted by Crippen LogP contribution is -3.11. The van der Waals surface area contributed by atoms with Crippen molar-refractivity contribution in [1.82, 2.24) is 0 Å². The van der Waals surface area contributed by atoms with Gasteiger partial charge in [-0.3, -0.25) is 4.79 Å². The zero-order valence-electron chi connectivity index (χ0n) is 16.4. The van der Waals surface area contributed by atoms with Crippen LogP contribution in [-0.4, -0.2) is 51.4 Å². The fraction of sp³-hybridized carbons (Fsp3) is 0.381. The van der Waals surface area contributed by atoms with Crippen LogP contribution >= 0.6 is 0 Å². The van der Waals surface area contributed by atoms with Gasteiger partial charge in [0.15, 0.2) is 11.5 Å². The van der Waals surface area contributed by atoms with Gasteiger partial charge in [0.1, 0.15) is 36.9 Å². The number of hydrogen-bond donors (Lipinski definition) is 2. The number of carbonyl (C=O) groups excluding carboxylic acids is 1. The van der Waals surface area contributed by atoms with Crippen molar-refractivity contribution in [2.75, 3.05) is 40.5 Å². The highest BCUT2D eigenvalue weighted by Crippen LogP contribution is 2.39. The Morgan fingerprint density at radius 3 is 2.43 bits per heavy atom. The maximum Gasteiger partial charge on any atom is 0.232 e. The predicted molar refractivity (Wildman–Crippen MR) is 103 cm³/mol. The van der Waals surface area contributed by atoms with E-state index >= 15 is 0 Å². The third-order valence-electron chi connectivity index (χ3n) is 4.70. The van der Waals surface area contributed by atoms with Gasteiger partial charge in [-0.2, -0.15) is 0 Å². The largest absolute Gasteiger partial charge is 0.507 e. The van der Waals surface area contributed by atoms with Gasteiger partial charge in [0, 0.05) is 20.3 Å². The fourth-order valence-corrected chi connectivity index (χ4v) is 3.17. The minimum Gasteiger partial charge on any atom is -0.507 e. The van der Waals surface area contributed by atoms with Gasteiger partial charge in [-0.25, -0.2) is 0 Å². The Labute approximate surface area is 164 Å². The third kappa shape index (κ3) is 4.44. The smallest absolute Gasteiger partial charge is 0.232 e. The van der Waals surface area contributed by atoms with E-state index in [1.165, 1.54) is 0 Å². The van der Waals surface area contributed by atoms with Gasteiger partial charge >= 0.3 is 0 Å². The highest BCUT2D eigenvalue weighted by atomic mass is 16.5. The minimum atomic E-state index is -0.222. The summed E-state index contributed by atoms with van der Waals surface area (Å²) in [6, 6.07) is 6.74. The molecule has 150 valence electrons. The normalized spacial score (nSPS) is 14.7. The number of phenols is 1. The average Bonchev–Trinajstić information content (AvgIpc) is 3.23. The average molecular weight is 388 g/mol. The molecular formula is C21H26NO6+. The Hall–Kier alpha value is -2.61. The molecule has 0 fully saturated rings. The number of ketones is 1. The molecule has 0 saturated carbocycles. The second kappa shape index (κ2) is 9.05. The third-order valence-corrected chi connectivity index (χ3v) is 4.70. The second-order valence-corrected chi connectivity index (χ2v) is 6.74. The number of aromatic hydroxyl groups is 1. The van der Waals surface area contributed by atoms with E-state index in [-0.39, 0.29) is 17.3 Å². The highest BCUT2D eigenvalue weighted by Gasteiger charge is 2.32. The Morgan fingerprint density at radius 2 is 1.82 bits per heavy atom. The van der Waals surface area contributed by atoms with Gasteiger partial charge in [-0.1, -0.05) is 0 Å². The van der Waals surface area contributed by atoms with Gasteiger partial charge < -0.3 is 28.6 Å². The number of rotatable bonds is 9. The van der Waals surface area contributed by atoms with Crippen molar-refractivity contribution in [2.45, 2.75) is 13.5 Å². The van der Waals surface area contributed by atoms with Gasteiger partial charge in [-0.05, 0) is 31.2 Å². The van der Waals surface area contributed by atoms with Crippen molar-refractivity contribution < 1.29 is 33.4 Å². The first-order valence-electron chi connectivity index (χ1n) is 9.20. The zero-order valence-corrected chi connectivity index (χ0v) is 16.4. The molecule has 0 unspecified atom stereocenters. The summed E-state index contributed by atoms with van der Waals surface area (Å²) < 4.78 is 21.8. The number of ether oxygens (including phenoxy) is 3. The Bertz CT molecular complexity index is 862. The number of furan rings is 1. The van der Waals surface area contributed by atoms with E-state index in [1.54, 1.807) is 38.5 Å². The molecule has 0 saturated heterocycles. The van der Waals surface area contributed by atoms with Crippen LogP contribution in [0.15, 0.2) is 34.4 Å². The molecule has 0 aliphatic carbocycles. The summed E-state index contributed by atoms with van der Waals surface area (Å²) in [6.07, 6.45) is 1.58. The summed E-state index contributed by atoms with van der Waals surface area (Å²) in [5.74, 6) is 1.78. The van der Waals surface area contributed by atoms with E-state index < -0.39 is 0 Å². The number of hydrogen-bond acceptors (Lipinski definition) is 6. The van der Waals surface area contributed by atoms with Crippen molar-refractivity contribution >= 4 is 11.9 Å². The van der Waals surface area contributed by atoms with Crippen LogP contribution in [0.25, 0.3) is 6.08 Å². The van der Waals surface area contributed by atoms with E-state index in [1.807, 2.05) is 13.0 Å². The molecule has 0 spiro atoms. The molecule has 0 bridgehead atoms. The molecule has 2 N–H and O–H groups in total. The Morgan fingerprint density at radius 1 is 1.11 bits per heavy atom. The number of allylic oxidation sites excluding steroid dienone is 1. The van der Waals surface area contributed by atoms with Crippen LogP contribution in [0.5, 0.6) is 11.5 Å². The lowest BCUT2D eigenvalue weighted by molar-refractivity contribution is -0.914. The van der Waals surface area contributed by atoms with Crippen LogP contribution in [0.3, 0.4) is 0 Å². The summed E-state index contributed by atoms with van der Waals surface area (Å²) in [7, 11) is 3.31. The van der Waals surface area contributed by atoms with E-state index in [9.17, 15) is 9.90 Å². The van der Waals surface area contributed by atoms with Crippen LogP contribution in [0, 0.1) is 6.92 Å². The predicted octanol–water partition coefficient (Wildman–Crippen LogP) is 1.59. The Balaban J connectivity index is 1.87. The fourth-order valence-electron chi connectivity index (χ4n) is 3.17. The number of fused-ring (bicyclic) bond motifs is 1. The first-order chi connectivity index (χ1) is 13.5. The summed E-state index contributed by atoms with van der Waals surface area (Å²) in [6.45, 7) is 4.97. The first kappa shape index (κ1) is 20.1. The molecular weight excluding hydrogens is 362 g/mol. The van der Waals surface area contributed by atoms with Gasteiger partial charge in [0.2, 0.25) is 5.78 Å². The molecule has 1 aromatic heterocycles. The van der Waals surface area contributed by atoms with E-state index in [0.29, 0.717) is 42.4 Å². The molecule has 0 radical (unpaired) electrons. The molecule has 3 rings (SSSR count). The molecule has 2 heterocycles. The SMILES string of the molecule is COCC[NH+](CCOC)Cc1c(O)ccc2c1O/C(=C\c1ccc(C)o1)C2=O. The summed E-state index contributed by atoms with van der Waals surface area (Å²) in [4.78, 5) is 13.9. The van der Waals surface area contributed by atoms with E-state index in [4.69, 9.17) is 18.6 Å². The molecule has 7 nitrogen and oxygen atoms in total. The quantitative estimate of drug-likeness (QED) is 0.635. The van der Waals surface area contributed by atoms with Gasteiger partial charge in [0.25, 0.3) is 0 Å². The number of phenolic OH excluding ortho intramolecular Hbond substituents is 1. The molecule has 1 aliphatic rings. The van der Waals surface area contributed by atoms with Gasteiger partial charge in [0.05, 0.1) is 24.3 Å². The van der Waals surface area contributed by atoms with Crippen molar-refractivity contribution in [3.8, 4) is 11.5 Å². The van der Waals surface area contributed by atoms with Crippen molar-refractivity contribution in [2.24, 2.45) is 0 Å². The summed E-state index contributed by atoms with van der Waals surface area (Å²) >= 11 is 0. The minimum absolute atomic E-state index is 0.106. The van der Waals surface area contributed by atoms with Crippen LogP contribution in [-0.2, 0) is 16.0 Å². The maximum absolute atomic E-state index is 12.7. The second-order valence-electron chi connectivity index (χ2n) is 6.74. The number of nitrogens with one attached hydrogen (secondary N) is 1. The number of aryl methyl sites for hydroxylation is 1. The topological polar surface area (TPSA) is 82.6 Å². The number of quaternary nitrogens is 1. The van der Waals surface area contributed by atoms with Gasteiger partial charge in [-0.15, -0.1) is 0 Å². The number of Topliss-reactive ketones (excluding diaryl/α,β-unsaturated/α-hetero) is 1. The number of methoxy groups -OCH3 is 2. The van der Waals surface area contributed by atoms with Crippen LogP contribution in [0.2, 0.25) is 0 Å². The number of benzene rings is 1. The molecule has 0 atom stereocenters. The van der Waals surface area contributed by atoms with Crippen molar-refractivity contribution in [3.05, 3.63) is 52.7 Å². The summed E-state index contributed by atoms with van der Waals surface area (Å²) in [5.41, 5.74) is 1.05. The Kier molecular flexibility index (Phi) is 6.51. The molecule has 1 aliphatic heterocycles. The number of carbonyl (C=O) groups is 1. The maximum atomic E-state index is 12.7. The zero-order chi connectivity index (χ0) is 20.1. The molecule has 28 heavy (non-hydrogen) atoms. The lowest BCUT2D eigenvalue weighted by atomic mass is 10.0. The van der Waals surface area contributed by atoms with Crippen molar-refractivity contribution in [3.63, 3.8) is 0 Å². The van der Waals surface area contributed by atoms with Crippen LogP contribution < -0.4 is 9.64 Å². The van der Waals surface area contributed by atoms with Crippen LogP contribution in [0.1, 0.15) is 27.4 Å². The standard InChI is InChI=1S/C21H25NO6/c1-14-4-5-15(27-14)12-19-20(24)16-6-7-18(23)17(21(16)28-19)13-22(8-10-25-2)9-11-26-3/h4-7,12,23H,8-11,13H2,1-3H3/p+1/b19-12-. The van der Waals surface area contributed by atoms with E-state index in [2.05, 4.69) is 0 Å². The molecule has 0 amide bonds. The summed E-state index contributed by atoms with van der Waals surface area (Å²) in [5, 5.41) is 10.4. The van der Waals surface area contributed by atoms with Crippen molar-refractivity contribution in [1.29, 1.82) is 0 Å². The molecule has 2 aromatic rings. The monoisotopic (exact) mass is 388 g/mol. The molecule has 1 aromatic carbocycles. The highest BCUT2D eigenvalue weighted by molar-refractivity contribution is 6.14. The van der Waals surface area contributed by atoms with E-state index in [0.717, 1.165) is 23.7 Å².